The Morgan fingerprint density at radius 3 is 2.94 bits per heavy atom. The van der Waals surface area contributed by atoms with Crippen molar-refractivity contribution in [2.24, 2.45) is 0 Å². The topological polar surface area (TPSA) is 70.3 Å². The summed E-state index contributed by atoms with van der Waals surface area (Å²) in [6, 6.07) is 6.07. The van der Waals surface area contributed by atoms with E-state index in [9.17, 15) is 5.11 Å². The molecule has 0 atom stereocenters. The van der Waals surface area contributed by atoms with Gasteiger partial charge in [0.05, 0.1) is 0 Å². The second-order valence-electron chi connectivity index (χ2n) is 4.31. The van der Waals surface area contributed by atoms with Crippen LogP contribution in [0.25, 0.3) is 11.1 Å². The number of phenols is 1. The van der Waals surface area contributed by atoms with Crippen LogP contribution in [-0.4, -0.2) is 29.2 Å². The zero-order valence-electron chi connectivity index (χ0n) is 9.44. The number of para-hydroxylation sites is 1. The number of hydrogen-bond donors (Lipinski definition) is 3. The van der Waals surface area contributed by atoms with Gasteiger partial charge in [-0.15, -0.1) is 0 Å². The molecule has 0 saturated carbocycles. The zero-order chi connectivity index (χ0) is 11.7. The van der Waals surface area contributed by atoms with Gasteiger partial charge in [0.2, 0.25) is 0 Å². The Morgan fingerprint density at radius 1 is 1.35 bits per heavy atom. The van der Waals surface area contributed by atoms with Crippen LogP contribution in [0.5, 0.6) is 5.75 Å². The summed E-state index contributed by atoms with van der Waals surface area (Å²) in [5, 5.41) is 16.2. The second-order valence-corrected chi connectivity index (χ2v) is 4.31. The minimum Gasteiger partial charge on any atom is -0.504 e. The molecule has 3 rings (SSSR count). The van der Waals surface area contributed by atoms with E-state index >= 15 is 0 Å². The van der Waals surface area contributed by atoms with Crippen LogP contribution in [0.15, 0.2) is 22.6 Å². The molecular formula is C12H15N3O2. The summed E-state index contributed by atoms with van der Waals surface area (Å²) in [5.41, 5.74) is 1.13. The first kappa shape index (κ1) is 10.4. The number of fused-ring (bicyclic) bond motifs is 1. The molecule has 0 aliphatic carbocycles. The highest BCUT2D eigenvalue weighted by Gasteiger charge is 2.16. The highest BCUT2D eigenvalue weighted by molar-refractivity contribution is 5.80. The fraction of sp³-hybridized carbons (Fsp3) is 0.417. The lowest BCUT2D eigenvalue weighted by Gasteiger charge is -2.22. The van der Waals surface area contributed by atoms with Gasteiger partial charge in [0.1, 0.15) is 5.52 Å². The Hall–Kier alpha value is -1.75. The summed E-state index contributed by atoms with van der Waals surface area (Å²) >= 11 is 0. The highest BCUT2D eigenvalue weighted by atomic mass is 16.4. The van der Waals surface area contributed by atoms with Crippen molar-refractivity contribution in [2.75, 3.05) is 18.4 Å². The predicted molar refractivity (Wildman–Crippen MR) is 65.2 cm³/mol. The molecule has 1 aromatic carbocycles. The van der Waals surface area contributed by atoms with Crippen LogP contribution in [0.4, 0.5) is 6.01 Å². The average molecular weight is 233 g/mol. The quantitative estimate of drug-likeness (QED) is 0.736. The minimum absolute atomic E-state index is 0.133. The van der Waals surface area contributed by atoms with Gasteiger partial charge in [0, 0.05) is 6.04 Å². The number of aromatic nitrogens is 1. The standard InChI is InChI=1S/C12H15N3O2/c16-10-3-1-2-9-11(10)17-12(15-9)14-8-4-6-13-7-5-8/h1-3,8,13,16H,4-7H2,(H,14,15). The van der Waals surface area contributed by atoms with Gasteiger partial charge in [0.15, 0.2) is 11.3 Å². The SMILES string of the molecule is Oc1cccc2nc(NC3CCNCC3)oc12. The van der Waals surface area contributed by atoms with Crippen molar-refractivity contribution in [1.82, 2.24) is 10.3 Å². The lowest BCUT2D eigenvalue weighted by atomic mass is 10.1. The molecule has 0 spiro atoms. The van der Waals surface area contributed by atoms with Gasteiger partial charge in [-0.3, -0.25) is 0 Å². The van der Waals surface area contributed by atoms with Crippen molar-refractivity contribution in [1.29, 1.82) is 0 Å². The van der Waals surface area contributed by atoms with E-state index in [1.54, 1.807) is 12.1 Å². The number of rotatable bonds is 2. The molecule has 0 unspecified atom stereocenters. The van der Waals surface area contributed by atoms with Crippen molar-refractivity contribution in [3.05, 3.63) is 18.2 Å². The van der Waals surface area contributed by atoms with Crippen molar-refractivity contribution < 1.29 is 9.52 Å². The monoisotopic (exact) mass is 233 g/mol. The maximum atomic E-state index is 9.62. The number of oxazole rings is 1. The molecule has 1 aromatic heterocycles. The minimum atomic E-state index is 0.133. The molecule has 0 radical (unpaired) electrons. The van der Waals surface area contributed by atoms with E-state index in [0.29, 0.717) is 23.2 Å². The largest absolute Gasteiger partial charge is 0.504 e. The van der Waals surface area contributed by atoms with Gasteiger partial charge in [-0.1, -0.05) is 6.07 Å². The van der Waals surface area contributed by atoms with E-state index < -0.39 is 0 Å². The molecule has 5 heteroatoms. The molecular weight excluding hydrogens is 218 g/mol. The molecule has 0 amide bonds. The summed E-state index contributed by atoms with van der Waals surface area (Å²) < 4.78 is 5.51. The van der Waals surface area contributed by atoms with E-state index in [-0.39, 0.29) is 5.75 Å². The molecule has 1 aliphatic rings. The van der Waals surface area contributed by atoms with Gasteiger partial charge in [-0.2, -0.15) is 4.98 Å². The summed E-state index contributed by atoms with van der Waals surface area (Å²) in [4.78, 5) is 4.31. The number of piperidine rings is 1. The predicted octanol–water partition coefficient (Wildman–Crippen LogP) is 1.70. The van der Waals surface area contributed by atoms with Crippen LogP contribution < -0.4 is 10.6 Å². The summed E-state index contributed by atoms with van der Waals surface area (Å²) in [5.74, 6) is 0.133. The number of anilines is 1. The first-order valence-electron chi connectivity index (χ1n) is 5.89. The fourth-order valence-corrected chi connectivity index (χ4v) is 2.14. The summed E-state index contributed by atoms with van der Waals surface area (Å²) in [6.07, 6.45) is 2.12. The maximum absolute atomic E-state index is 9.62. The molecule has 17 heavy (non-hydrogen) atoms. The van der Waals surface area contributed by atoms with Crippen LogP contribution >= 0.6 is 0 Å². The molecule has 90 valence electrons. The first-order valence-corrected chi connectivity index (χ1v) is 5.89. The van der Waals surface area contributed by atoms with E-state index in [0.717, 1.165) is 25.9 Å². The average Bonchev–Trinajstić information content (AvgIpc) is 2.74. The fourth-order valence-electron chi connectivity index (χ4n) is 2.14. The molecule has 1 fully saturated rings. The zero-order valence-corrected chi connectivity index (χ0v) is 9.44. The Balaban J connectivity index is 1.83. The van der Waals surface area contributed by atoms with Gasteiger partial charge < -0.3 is 20.2 Å². The van der Waals surface area contributed by atoms with E-state index in [1.807, 2.05) is 6.07 Å². The van der Waals surface area contributed by atoms with Gasteiger partial charge >= 0.3 is 0 Å². The van der Waals surface area contributed by atoms with Crippen LogP contribution in [0.2, 0.25) is 0 Å². The Labute approximate surface area is 98.8 Å². The molecule has 5 nitrogen and oxygen atoms in total. The number of nitrogens with zero attached hydrogens (tertiary/aromatic N) is 1. The third-order valence-electron chi connectivity index (χ3n) is 3.06. The molecule has 3 N–H and O–H groups in total. The van der Waals surface area contributed by atoms with Crippen LogP contribution in [-0.2, 0) is 0 Å². The van der Waals surface area contributed by atoms with Gasteiger partial charge in [-0.05, 0) is 38.1 Å². The normalized spacial score (nSPS) is 17.4. The third kappa shape index (κ3) is 2.06. The Morgan fingerprint density at radius 2 is 2.18 bits per heavy atom. The van der Waals surface area contributed by atoms with Crippen molar-refractivity contribution in [3.63, 3.8) is 0 Å². The summed E-state index contributed by atoms with van der Waals surface area (Å²) in [6.45, 7) is 2.03. The second kappa shape index (κ2) is 4.25. The van der Waals surface area contributed by atoms with E-state index in [4.69, 9.17) is 4.42 Å². The van der Waals surface area contributed by atoms with Crippen molar-refractivity contribution in [3.8, 4) is 5.75 Å². The van der Waals surface area contributed by atoms with Gasteiger partial charge in [-0.25, -0.2) is 0 Å². The Kier molecular flexibility index (Phi) is 2.60. The molecule has 1 aliphatic heterocycles. The van der Waals surface area contributed by atoms with E-state index in [1.165, 1.54) is 0 Å². The molecule has 2 heterocycles. The third-order valence-corrected chi connectivity index (χ3v) is 3.06. The molecule has 1 saturated heterocycles. The summed E-state index contributed by atoms with van der Waals surface area (Å²) in [7, 11) is 0. The maximum Gasteiger partial charge on any atom is 0.296 e. The lowest BCUT2D eigenvalue weighted by molar-refractivity contribution is 0.454. The number of nitrogens with one attached hydrogen (secondary N) is 2. The number of phenolic OH excluding ortho intramolecular Hbond substituents is 1. The van der Waals surface area contributed by atoms with E-state index in [2.05, 4.69) is 15.6 Å². The van der Waals surface area contributed by atoms with Crippen LogP contribution in [0, 0.1) is 0 Å². The van der Waals surface area contributed by atoms with Crippen molar-refractivity contribution >= 4 is 17.1 Å². The first-order chi connectivity index (χ1) is 8.33. The molecule has 0 bridgehead atoms. The number of hydrogen-bond acceptors (Lipinski definition) is 5. The lowest BCUT2D eigenvalue weighted by Crippen LogP contribution is -2.35. The number of aromatic hydroxyl groups is 1. The van der Waals surface area contributed by atoms with Crippen LogP contribution in [0.1, 0.15) is 12.8 Å². The highest BCUT2D eigenvalue weighted by Crippen LogP contribution is 2.27. The Bertz CT molecular complexity index is 517. The van der Waals surface area contributed by atoms with Crippen LogP contribution in [0.3, 0.4) is 0 Å². The molecule has 2 aromatic rings. The number of benzene rings is 1. The van der Waals surface area contributed by atoms with Gasteiger partial charge in [0.25, 0.3) is 6.01 Å². The van der Waals surface area contributed by atoms with Crippen molar-refractivity contribution in [2.45, 2.75) is 18.9 Å². The smallest absolute Gasteiger partial charge is 0.296 e.